The summed E-state index contributed by atoms with van der Waals surface area (Å²) in [5.41, 5.74) is 2.35. The molecule has 3 rings (SSSR count). The summed E-state index contributed by atoms with van der Waals surface area (Å²) in [5, 5.41) is 8.22. The topological polar surface area (TPSA) is 33.1 Å². The van der Waals surface area contributed by atoms with Gasteiger partial charge in [0, 0.05) is 30.4 Å². The van der Waals surface area contributed by atoms with Crippen molar-refractivity contribution in [1.29, 1.82) is 0 Å². The summed E-state index contributed by atoms with van der Waals surface area (Å²) < 4.78 is 1.94. The first-order valence-corrected chi connectivity index (χ1v) is 7.77. The largest absolute Gasteiger partial charge is 0.306 e. The summed E-state index contributed by atoms with van der Waals surface area (Å²) in [6.07, 6.45) is 6.64. The molecule has 2 atom stereocenters. The molecule has 2 aromatic rings. The van der Waals surface area contributed by atoms with Gasteiger partial charge in [0.25, 0.3) is 0 Å². The molecule has 1 aliphatic rings. The van der Waals surface area contributed by atoms with Gasteiger partial charge in [-0.3, -0.25) is 0 Å². The van der Waals surface area contributed by atoms with Crippen LogP contribution in [0.4, 0.5) is 0 Å². The lowest BCUT2D eigenvalue weighted by Gasteiger charge is -2.32. The number of likely N-dealkylation sites (N-methyl/N-ethyl adjacent to an activating group) is 1. The minimum atomic E-state index is 0.332. The molecule has 4 nitrogen and oxygen atoms in total. The van der Waals surface area contributed by atoms with Crippen molar-refractivity contribution in [2.75, 3.05) is 20.1 Å². The molecule has 1 N–H and O–H groups in total. The first-order chi connectivity index (χ1) is 10.2. The Bertz CT molecular complexity index is 563. The lowest BCUT2D eigenvalue weighted by Crippen LogP contribution is -2.44. The summed E-state index contributed by atoms with van der Waals surface area (Å²) in [7, 11) is 2.20. The van der Waals surface area contributed by atoms with Crippen LogP contribution in [0.2, 0.25) is 0 Å². The van der Waals surface area contributed by atoms with Gasteiger partial charge in [-0.2, -0.15) is 5.10 Å². The minimum absolute atomic E-state index is 0.332. The third kappa shape index (κ3) is 3.52. The van der Waals surface area contributed by atoms with E-state index in [0.717, 1.165) is 12.2 Å². The van der Waals surface area contributed by atoms with Crippen LogP contribution in [0.15, 0.2) is 42.7 Å². The van der Waals surface area contributed by atoms with Crippen LogP contribution in [0.3, 0.4) is 0 Å². The minimum Gasteiger partial charge on any atom is -0.306 e. The number of nitrogens with zero attached hydrogens (tertiary/aromatic N) is 3. The number of para-hydroxylation sites is 1. The fraction of sp³-hybridized carbons (Fsp3) is 0.471. The Kier molecular flexibility index (Phi) is 4.36. The Morgan fingerprint density at radius 1 is 1.29 bits per heavy atom. The van der Waals surface area contributed by atoms with Crippen LogP contribution in [0.1, 0.15) is 31.4 Å². The summed E-state index contributed by atoms with van der Waals surface area (Å²) in [5.74, 6) is 0. The van der Waals surface area contributed by atoms with Gasteiger partial charge in [-0.05, 0) is 45.5 Å². The maximum Gasteiger partial charge on any atom is 0.0645 e. The van der Waals surface area contributed by atoms with Crippen molar-refractivity contribution < 1.29 is 0 Å². The van der Waals surface area contributed by atoms with Gasteiger partial charge >= 0.3 is 0 Å². The maximum absolute atomic E-state index is 4.48. The molecular formula is C17H24N4. The lowest BCUT2D eigenvalue weighted by atomic mass is 10.0. The molecule has 2 heterocycles. The second kappa shape index (κ2) is 6.41. The molecule has 0 saturated carbocycles. The quantitative estimate of drug-likeness (QED) is 0.937. The smallest absolute Gasteiger partial charge is 0.0645 e. The third-order valence-corrected chi connectivity index (χ3v) is 4.23. The highest BCUT2D eigenvalue weighted by atomic mass is 15.3. The molecule has 0 spiro atoms. The second-order valence-electron chi connectivity index (χ2n) is 6.04. The fourth-order valence-electron chi connectivity index (χ4n) is 3.03. The van der Waals surface area contributed by atoms with Crippen molar-refractivity contribution in [1.82, 2.24) is 20.0 Å². The van der Waals surface area contributed by atoms with Crippen molar-refractivity contribution in [2.45, 2.75) is 31.8 Å². The second-order valence-corrected chi connectivity index (χ2v) is 6.04. The highest BCUT2D eigenvalue weighted by Gasteiger charge is 2.19. The zero-order valence-electron chi connectivity index (χ0n) is 12.9. The van der Waals surface area contributed by atoms with Crippen molar-refractivity contribution in [3.63, 3.8) is 0 Å². The average Bonchev–Trinajstić information content (AvgIpc) is 2.98. The average molecular weight is 284 g/mol. The van der Waals surface area contributed by atoms with E-state index in [-0.39, 0.29) is 0 Å². The van der Waals surface area contributed by atoms with Gasteiger partial charge in [0.1, 0.15) is 0 Å². The van der Waals surface area contributed by atoms with Gasteiger partial charge in [0.15, 0.2) is 0 Å². The fourth-order valence-corrected chi connectivity index (χ4v) is 3.03. The molecular weight excluding hydrogens is 260 g/mol. The highest BCUT2D eigenvalue weighted by Crippen LogP contribution is 2.17. The summed E-state index contributed by atoms with van der Waals surface area (Å²) >= 11 is 0. The number of hydrogen-bond acceptors (Lipinski definition) is 3. The molecule has 1 aromatic carbocycles. The van der Waals surface area contributed by atoms with Crippen LogP contribution in [-0.2, 0) is 0 Å². The summed E-state index contributed by atoms with van der Waals surface area (Å²) in [6, 6.07) is 11.2. The standard InChI is InChI=1S/C17H24N4/c1-14(19-16-7-6-10-20(2)13-16)15-11-18-21(12-15)17-8-4-3-5-9-17/h3-5,8-9,11-12,14,16,19H,6-7,10,13H2,1-2H3. The molecule has 0 radical (unpaired) electrons. The van der Waals surface area contributed by atoms with Crippen molar-refractivity contribution in [3.8, 4) is 5.69 Å². The van der Waals surface area contributed by atoms with E-state index < -0.39 is 0 Å². The van der Waals surface area contributed by atoms with E-state index >= 15 is 0 Å². The Morgan fingerprint density at radius 3 is 2.86 bits per heavy atom. The van der Waals surface area contributed by atoms with Gasteiger partial charge in [-0.1, -0.05) is 18.2 Å². The monoisotopic (exact) mass is 284 g/mol. The van der Waals surface area contributed by atoms with Crippen molar-refractivity contribution in [3.05, 3.63) is 48.3 Å². The first kappa shape index (κ1) is 14.3. The molecule has 1 fully saturated rings. The molecule has 1 aliphatic heterocycles. The van der Waals surface area contributed by atoms with Crippen LogP contribution < -0.4 is 5.32 Å². The number of aromatic nitrogens is 2. The van der Waals surface area contributed by atoms with Gasteiger partial charge < -0.3 is 10.2 Å². The molecule has 21 heavy (non-hydrogen) atoms. The van der Waals surface area contributed by atoms with Crippen LogP contribution in [-0.4, -0.2) is 40.9 Å². The van der Waals surface area contributed by atoms with Crippen LogP contribution in [0.25, 0.3) is 5.69 Å². The predicted octanol–water partition coefficient (Wildman–Crippen LogP) is 2.62. The molecule has 0 aliphatic carbocycles. The third-order valence-electron chi connectivity index (χ3n) is 4.23. The number of benzene rings is 1. The van der Waals surface area contributed by atoms with E-state index in [9.17, 15) is 0 Å². The Morgan fingerprint density at radius 2 is 2.10 bits per heavy atom. The predicted molar refractivity (Wildman–Crippen MR) is 85.6 cm³/mol. The first-order valence-electron chi connectivity index (χ1n) is 7.77. The summed E-state index contributed by atoms with van der Waals surface area (Å²) in [6.45, 7) is 4.58. The number of hydrogen-bond donors (Lipinski definition) is 1. The van der Waals surface area contributed by atoms with Gasteiger partial charge in [-0.25, -0.2) is 4.68 Å². The van der Waals surface area contributed by atoms with Gasteiger partial charge in [-0.15, -0.1) is 0 Å². The van der Waals surface area contributed by atoms with E-state index in [1.165, 1.54) is 24.9 Å². The molecule has 4 heteroatoms. The Hall–Kier alpha value is -1.65. The number of rotatable bonds is 4. The molecule has 2 unspecified atom stereocenters. The molecule has 1 saturated heterocycles. The summed E-state index contributed by atoms with van der Waals surface area (Å²) in [4.78, 5) is 2.40. The van der Waals surface area contributed by atoms with E-state index in [0.29, 0.717) is 12.1 Å². The van der Waals surface area contributed by atoms with E-state index in [2.05, 4.69) is 47.6 Å². The van der Waals surface area contributed by atoms with E-state index in [1.54, 1.807) is 0 Å². The van der Waals surface area contributed by atoms with Crippen LogP contribution in [0, 0.1) is 0 Å². The Labute approximate surface area is 126 Å². The number of piperidine rings is 1. The van der Waals surface area contributed by atoms with Crippen LogP contribution >= 0.6 is 0 Å². The highest BCUT2D eigenvalue weighted by molar-refractivity contribution is 5.31. The lowest BCUT2D eigenvalue weighted by molar-refractivity contribution is 0.218. The van der Waals surface area contributed by atoms with Gasteiger partial charge in [0.05, 0.1) is 11.9 Å². The molecule has 0 bridgehead atoms. The van der Waals surface area contributed by atoms with Crippen molar-refractivity contribution in [2.24, 2.45) is 0 Å². The number of likely N-dealkylation sites (tertiary alicyclic amines) is 1. The number of nitrogens with one attached hydrogen (secondary N) is 1. The zero-order valence-corrected chi connectivity index (χ0v) is 12.9. The van der Waals surface area contributed by atoms with E-state index in [1.807, 2.05) is 29.1 Å². The van der Waals surface area contributed by atoms with Gasteiger partial charge in [0.2, 0.25) is 0 Å². The molecule has 1 aromatic heterocycles. The zero-order chi connectivity index (χ0) is 14.7. The Balaban J connectivity index is 1.65. The SMILES string of the molecule is CC(NC1CCCN(C)C1)c1cnn(-c2ccccc2)c1. The maximum atomic E-state index is 4.48. The van der Waals surface area contributed by atoms with Crippen LogP contribution in [0.5, 0.6) is 0 Å². The van der Waals surface area contributed by atoms with Crippen molar-refractivity contribution >= 4 is 0 Å². The molecule has 0 amide bonds. The molecule has 112 valence electrons. The van der Waals surface area contributed by atoms with E-state index in [4.69, 9.17) is 0 Å². The normalized spacial score (nSPS) is 21.3.